The van der Waals surface area contributed by atoms with Crippen LogP contribution in [-0.4, -0.2) is 12.9 Å². The molecule has 20 heavy (non-hydrogen) atoms. The van der Waals surface area contributed by atoms with Gasteiger partial charge in [-0.3, -0.25) is 4.79 Å². The van der Waals surface area contributed by atoms with E-state index >= 15 is 0 Å². The van der Waals surface area contributed by atoms with Gasteiger partial charge in [-0.25, -0.2) is 8.78 Å². The third-order valence-corrected chi connectivity index (χ3v) is 3.33. The van der Waals surface area contributed by atoms with Gasteiger partial charge in [0.15, 0.2) is 5.78 Å². The number of hydrogen-bond acceptors (Lipinski definition) is 2. The maximum absolute atomic E-state index is 13.6. The molecule has 0 radical (unpaired) electrons. The summed E-state index contributed by atoms with van der Waals surface area (Å²) in [5, 5.41) is 0. The number of ketones is 1. The van der Waals surface area contributed by atoms with E-state index in [2.05, 4.69) is 15.9 Å². The van der Waals surface area contributed by atoms with Gasteiger partial charge in [0.1, 0.15) is 17.4 Å². The van der Waals surface area contributed by atoms with Crippen LogP contribution in [0.25, 0.3) is 0 Å². The summed E-state index contributed by atoms with van der Waals surface area (Å²) in [6, 6.07) is 8.49. The zero-order chi connectivity index (χ0) is 14.7. The number of benzene rings is 2. The maximum Gasteiger partial charge on any atom is 0.173 e. The van der Waals surface area contributed by atoms with Crippen molar-refractivity contribution >= 4 is 21.7 Å². The van der Waals surface area contributed by atoms with Gasteiger partial charge in [-0.2, -0.15) is 0 Å². The molecule has 2 rings (SSSR count). The standard InChI is InChI=1S/C15H11BrF2O2/c1-20-14-6-5-10(16)7-9(14)8-13(19)15-11(17)3-2-4-12(15)18/h2-7H,8H2,1H3. The van der Waals surface area contributed by atoms with E-state index in [-0.39, 0.29) is 6.42 Å². The zero-order valence-corrected chi connectivity index (χ0v) is 12.2. The van der Waals surface area contributed by atoms with Crippen molar-refractivity contribution in [2.75, 3.05) is 7.11 Å². The molecule has 0 bridgehead atoms. The Kier molecular flexibility index (Phi) is 4.49. The molecule has 104 valence electrons. The molecule has 0 aromatic heterocycles. The first-order chi connectivity index (χ1) is 9.52. The number of ether oxygens (including phenoxy) is 1. The van der Waals surface area contributed by atoms with Crippen LogP contribution in [0, 0.1) is 11.6 Å². The predicted molar refractivity (Wildman–Crippen MR) is 75.1 cm³/mol. The third-order valence-electron chi connectivity index (χ3n) is 2.84. The number of carbonyl (C=O) groups is 1. The monoisotopic (exact) mass is 340 g/mol. The zero-order valence-electron chi connectivity index (χ0n) is 10.6. The highest BCUT2D eigenvalue weighted by atomic mass is 79.9. The Morgan fingerprint density at radius 2 is 1.85 bits per heavy atom. The van der Waals surface area contributed by atoms with Gasteiger partial charge < -0.3 is 4.74 Å². The van der Waals surface area contributed by atoms with Crippen LogP contribution >= 0.6 is 15.9 Å². The van der Waals surface area contributed by atoms with E-state index in [0.717, 1.165) is 16.6 Å². The van der Waals surface area contributed by atoms with Crippen LogP contribution in [0.4, 0.5) is 8.78 Å². The molecule has 0 unspecified atom stereocenters. The molecule has 5 heteroatoms. The minimum absolute atomic E-state index is 0.138. The van der Waals surface area contributed by atoms with E-state index in [1.165, 1.54) is 13.2 Å². The van der Waals surface area contributed by atoms with Crippen molar-refractivity contribution in [2.24, 2.45) is 0 Å². The molecular weight excluding hydrogens is 330 g/mol. The normalized spacial score (nSPS) is 10.4. The molecule has 2 aromatic carbocycles. The first-order valence-electron chi connectivity index (χ1n) is 5.82. The lowest BCUT2D eigenvalue weighted by molar-refractivity contribution is 0.0984. The van der Waals surface area contributed by atoms with Gasteiger partial charge in [0, 0.05) is 16.5 Å². The average molecular weight is 341 g/mol. The van der Waals surface area contributed by atoms with Crippen LogP contribution in [0.1, 0.15) is 15.9 Å². The molecule has 2 nitrogen and oxygen atoms in total. The van der Waals surface area contributed by atoms with Crippen LogP contribution < -0.4 is 4.74 Å². The molecule has 0 N–H and O–H groups in total. The lowest BCUT2D eigenvalue weighted by atomic mass is 10.0. The molecule has 0 saturated carbocycles. The lowest BCUT2D eigenvalue weighted by Crippen LogP contribution is -2.09. The van der Waals surface area contributed by atoms with E-state index in [1.807, 2.05) is 0 Å². The Balaban J connectivity index is 2.35. The van der Waals surface area contributed by atoms with Crippen LogP contribution in [0.5, 0.6) is 5.75 Å². The number of rotatable bonds is 4. The summed E-state index contributed by atoms with van der Waals surface area (Å²) in [7, 11) is 1.47. The van der Waals surface area contributed by atoms with Crippen molar-refractivity contribution < 1.29 is 18.3 Å². The molecule has 0 heterocycles. The topological polar surface area (TPSA) is 26.3 Å². The van der Waals surface area contributed by atoms with Crippen LogP contribution in [0.15, 0.2) is 40.9 Å². The summed E-state index contributed by atoms with van der Waals surface area (Å²) in [6.45, 7) is 0. The second-order valence-corrected chi connectivity index (χ2v) is 5.07. The van der Waals surface area contributed by atoms with Gasteiger partial charge in [-0.15, -0.1) is 0 Å². The number of halogens is 3. The van der Waals surface area contributed by atoms with E-state index in [9.17, 15) is 13.6 Å². The quantitative estimate of drug-likeness (QED) is 0.781. The number of carbonyl (C=O) groups excluding carboxylic acids is 1. The number of methoxy groups -OCH3 is 1. The Morgan fingerprint density at radius 3 is 2.45 bits per heavy atom. The molecule has 0 amide bonds. The molecule has 2 aromatic rings. The summed E-state index contributed by atoms with van der Waals surface area (Å²) in [6.07, 6.45) is -0.138. The van der Waals surface area contributed by atoms with E-state index in [4.69, 9.17) is 4.74 Å². The van der Waals surface area contributed by atoms with Crippen molar-refractivity contribution in [3.63, 3.8) is 0 Å². The summed E-state index contributed by atoms with van der Waals surface area (Å²) in [4.78, 5) is 12.1. The van der Waals surface area contributed by atoms with Gasteiger partial charge in [-0.05, 0) is 30.3 Å². The molecule has 0 fully saturated rings. The maximum atomic E-state index is 13.6. The fourth-order valence-electron chi connectivity index (χ4n) is 1.91. The van der Waals surface area contributed by atoms with E-state index in [0.29, 0.717) is 11.3 Å². The van der Waals surface area contributed by atoms with Gasteiger partial charge >= 0.3 is 0 Å². The van der Waals surface area contributed by atoms with Crippen LogP contribution in [-0.2, 0) is 6.42 Å². The average Bonchev–Trinajstić information content (AvgIpc) is 2.38. The summed E-state index contributed by atoms with van der Waals surface area (Å²) in [5.74, 6) is -1.84. The fourth-order valence-corrected chi connectivity index (χ4v) is 2.32. The Labute approximate surface area is 123 Å². The predicted octanol–water partition coefficient (Wildman–Crippen LogP) is 4.16. The van der Waals surface area contributed by atoms with Crippen molar-refractivity contribution in [1.29, 1.82) is 0 Å². The van der Waals surface area contributed by atoms with Crippen molar-refractivity contribution in [3.05, 3.63) is 63.6 Å². The molecule has 0 atom stereocenters. The first kappa shape index (κ1) is 14.7. The highest BCUT2D eigenvalue weighted by molar-refractivity contribution is 9.10. The molecule has 0 aliphatic heterocycles. The number of hydrogen-bond donors (Lipinski definition) is 0. The van der Waals surface area contributed by atoms with E-state index in [1.54, 1.807) is 18.2 Å². The molecule has 0 aliphatic carbocycles. The Bertz CT molecular complexity index is 636. The fraction of sp³-hybridized carbons (Fsp3) is 0.133. The molecule has 0 aliphatic rings. The van der Waals surface area contributed by atoms with Crippen molar-refractivity contribution in [1.82, 2.24) is 0 Å². The Morgan fingerprint density at radius 1 is 1.20 bits per heavy atom. The minimum Gasteiger partial charge on any atom is -0.496 e. The summed E-state index contributed by atoms with van der Waals surface area (Å²) >= 11 is 3.29. The lowest BCUT2D eigenvalue weighted by Gasteiger charge is -2.09. The van der Waals surface area contributed by atoms with Crippen molar-refractivity contribution in [2.45, 2.75) is 6.42 Å². The molecule has 0 saturated heterocycles. The van der Waals surface area contributed by atoms with Gasteiger partial charge in [0.05, 0.1) is 12.7 Å². The van der Waals surface area contributed by atoms with Crippen LogP contribution in [0.3, 0.4) is 0 Å². The van der Waals surface area contributed by atoms with Crippen LogP contribution in [0.2, 0.25) is 0 Å². The SMILES string of the molecule is COc1ccc(Br)cc1CC(=O)c1c(F)cccc1F. The highest BCUT2D eigenvalue weighted by Gasteiger charge is 2.18. The molecular formula is C15H11BrF2O2. The minimum atomic E-state index is -0.857. The third kappa shape index (κ3) is 3.04. The van der Waals surface area contributed by atoms with Gasteiger partial charge in [0.25, 0.3) is 0 Å². The van der Waals surface area contributed by atoms with Gasteiger partial charge in [-0.1, -0.05) is 22.0 Å². The number of Topliss-reactive ketones (excluding diaryl/α,β-unsaturated/α-hetero) is 1. The largest absolute Gasteiger partial charge is 0.496 e. The Hall–Kier alpha value is -1.75. The molecule has 0 spiro atoms. The first-order valence-corrected chi connectivity index (χ1v) is 6.62. The van der Waals surface area contributed by atoms with E-state index < -0.39 is 23.0 Å². The highest BCUT2D eigenvalue weighted by Crippen LogP contribution is 2.25. The van der Waals surface area contributed by atoms with Gasteiger partial charge in [0.2, 0.25) is 0 Å². The second-order valence-electron chi connectivity index (χ2n) is 4.15. The summed E-state index contributed by atoms with van der Waals surface area (Å²) in [5.41, 5.74) is 0.0454. The summed E-state index contributed by atoms with van der Waals surface area (Å²) < 4.78 is 33.0. The smallest absolute Gasteiger partial charge is 0.173 e. The second kappa shape index (κ2) is 6.13. The van der Waals surface area contributed by atoms with Crippen molar-refractivity contribution in [3.8, 4) is 5.75 Å².